The van der Waals surface area contributed by atoms with E-state index >= 15 is 0 Å². The van der Waals surface area contributed by atoms with Crippen molar-refractivity contribution in [1.29, 1.82) is 5.26 Å². The van der Waals surface area contributed by atoms with Crippen LogP contribution in [0.15, 0.2) is 66.0 Å². The number of hydrogen-bond donors (Lipinski definition) is 1. The topological polar surface area (TPSA) is 48.5 Å². The number of carbonyl (C=O) groups is 1. The largest absolute Gasteiger partial charge is 0.328 e. The summed E-state index contributed by atoms with van der Waals surface area (Å²) in [7, 11) is 0. The van der Waals surface area contributed by atoms with Crippen LogP contribution in [0.4, 0.5) is 0 Å². The van der Waals surface area contributed by atoms with E-state index in [1.165, 1.54) is 9.78 Å². The van der Waals surface area contributed by atoms with Gasteiger partial charge in [0, 0.05) is 11.1 Å². The Morgan fingerprint density at radius 3 is 2.43 bits per heavy atom. The van der Waals surface area contributed by atoms with Gasteiger partial charge in [-0.15, -0.1) is 11.3 Å². The average Bonchev–Trinajstić information content (AvgIpc) is 3.27. The molecule has 3 aromatic rings. The molecule has 4 nitrogen and oxygen atoms in total. The van der Waals surface area contributed by atoms with Crippen molar-refractivity contribution in [1.82, 2.24) is 4.90 Å². The van der Waals surface area contributed by atoms with Crippen LogP contribution < -0.4 is 4.90 Å². The zero-order chi connectivity index (χ0) is 19.3. The van der Waals surface area contributed by atoms with E-state index in [2.05, 4.69) is 23.6 Å². The van der Waals surface area contributed by atoms with Gasteiger partial charge >= 0.3 is 0 Å². The smallest absolute Gasteiger partial charge is 0.254 e. The first-order chi connectivity index (χ1) is 13.8. The molecule has 1 aliphatic rings. The standard InChI is InChI=1S/C23H21N3OS/c24-16-18-6-1-2-8-20(18)21-9-3-4-10-22(21)23(27)26-13-11-25(12-14-26)17-19-7-5-15-28-19/h1-10,15H,11-14,17H2/p+1. The molecule has 1 N–H and O–H groups in total. The Balaban J connectivity index is 1.51. The second kappa shape index (κ2) is 8.39. The first-order valence-corrected chi connectivity index (χ1v) is 10.4. The Kier molecular flexibility index (Phi) is 5.52. The van der Waals surface area contributed by atoms with Crippen molar-refractivity contribution in [3.63, 3.8) is 0 Å². The van der Waals surface area contributed by atoms with E-state index in [4.69, 9.17) is 0 Å². The van der Waals surface area contributed by atoms with Crippen LogP contribution in [-0.4, -0.2) is 37.0 Å². The summed E-state index contributed by atoms with van der Waals surface area (Å²) >= 11 is 1.80. The van der Waals surface area contributed by atoms with Crippen LogP contribution in [0.3, 0.4) is 0 Å². The van der Waals surface area contributed by atoms with E-state index in [9.17, 15) is 10.1 Å². The highest BCUT2D eigenvalue weighted by Crippen LogP contribution is 2.27. The predicted octanol–water partition coefficient (Wildman–Crippen LogP) is 2.83. The molecule has 1 saturated heterocycles. The first-order valence-electron chi connectivity index (χ1n) is 9.50. The molecule has 2 aromatic carbocycles. The van der Waals surface area contributed by atoms with E-state index < -0.39 is 0 Å². The lowest BCUT2D eigenvalue weighted by molar-refractivity contribution is -0.917. The summed E-state index contributed by atoms with van der Waals surface area (Å²) in [6.07, 6.45) is 0. The lowest BCUT2D eigenvalue weighted by Crippen LogP contribution is -3.13. The predicted molar refractivity (Wildman–Crippen MR) is 111 cm³/mol. The van der Waals surface area contributed by atoms with Gasteiger partial charge in [-0.1, -0.05) is 42.5 Å². The number of nitrogens with zero attached hydrogens (tertiary/aromatic N) is 2. The van der Waals surface area contributed by atoms with Crippen LogP contribution in [-0.2, 0) is 6.54 Å². The summed E-state index contributed by atoms with van der Waals surface area (Å²) < 4.78 is 0. The quantitative estimate of drug-likeness (QED) is 0.747. The molecule has 0 unspecified atom stereocenters. The Hall–Kier alpha value is -2.94. The highest BCUT2D eigenvalue weighted by molar-refractivity contribution is 7.09. The van der Waals surface area contributed by atoms with Crippen LogP contribution in [0.1, 0.15) is 20.8 Å². The molecule has 1 fully saturated rings. The highest BCUT2D eigenvalue weighted by Gasteiger charge is 2.26. The molecule has 4 rings (SSSR count). The summed E-state index contributed by atoms with van der Waals surface area (Å²) in [4.78, 5) is 18.1. The van der Waals surface area contributed by atoms with Gasteiger partial charge in [-0.2, -0.15) is 5.26 Å². The molecule has 1 amide bonds. The van der Waals surface area contributed by atoms with E-state index in [0.29, 0.717) is 11.1 Å². The maximum atomic E-state index is 13.3. The van der Waals surface area contributed by atoms with Crippen LogP contribution in [0.5, 0.6) is 0 Å². The maximum absolute atomic E-state index is 13.3. The summed E-state index contributed by atoms with van der Waals surface area (Å²) in [6.45, 7) is 4.47. The number of nitrogens with one attached hydrogen (secondary N) is 1. The summed E-state index contributed by atoms with van der Waals surface area (Å²) in [5.41, 5.74) is 2.91. The zero-order valence-corrected chi connectivity index (χ0v) is 16.4. The van der Waals surface area contributed by atoms with Crippen molar-refractivity contribution in [2.24, 2.45) is 0 Å². The Bertz CT molecular complexity index is 999. The Labute approximate surface area is 169 Å². The number of hydrogen-bond acceptors (Lipinski definition) is 3. The van der Waals surface area contributed by atoms with E-state index in [-0.39, 0.29) is 5.91 Å². The van der Waals surface area contributed by atoms with Crippen molar-refractivity contribution in [3.05, 3.63) is 82.0 Å². The third kappa shape index (κ3) is 3.84. The van der Waals surface area contributed by atoms with Crippen molar-refractivity contribution in [3.8, 4) is 17.2 Å². The van der Waals surface area contributed by atoms with Gasteiger partial charge < -0.3 is 9.80 Å². The van der Waals surface area contributed by atoms with E-state index in [0.717, 1.165) is 43.9 Å². The van der Waals surface area contributed by atoms with E-state index in [1.807, 2.05) is 47.4 Å². The minimum atomic E-state index is 0.0542. The molecular formula is C23H22N3OS+. The van der Waals surface area contributed by atoms with Gasteiger partial charge in [-0.25, -0.2) is 0 Å². The fourth-order valence-corrected chi connectivity index (χ4v) is 4.53. The number of piperazine rings is 1. The molecule has 28 heavy (non-hydrogen) atoms. The number of amides is 1. The zero-order valence-electron chi connectivity index (χ0n) is 15.6. The molecule has 0 radical (unpaired) electrons. The third-order valence-electron chi connectivity index (χ3n) is 5.26. The number of quaternary nitrogens is 1. The van der Waals surface area contributed by atoms with Crippen LogP contribution >= 0.6 is 11.3 Å². The molecule has 140 valence electrons. The lowest BCUT2D eigenvalue weighted by Gasteiger charge is -2.32. The fourth-order valence-electron chi connectivity index (χ4n) is 3.75. The van der Waals surface area contributed by atoms with Gasteiger partial charge in [0.2, 0.25) is 0 Å². The van der Waals surface area contributed by atoms with Gasteiger partial charge in [0.15, 0.2) is 0 Å². The van der Waals surface area contributed by atoms with Crippen LogP contribution in [0, 0.1) is 11.3 Å². The van der Waals surface area contributed by atoms with Crippen molar-refractivity contribution >= 4 is 17.2 Å². The van der Waals surface area contributed by atoms with Gasteiger partial charge in [-0.3, -0.25) is 4.79 Å². The van der Waals surface area contributed by atoms with Crippen molar-refractivity contribution < 1.29 is 9.69 Å². The number of benzene rings is 2. The average molecular weight is 389 g/mol. The minimum absolute atomic E-state index is 0.0542. The highest BCUT2D eigenvalue weighted by atomic mass is 32.1. The number of rotatable bonds is 4. The van der Waals surface area contributed by atoms with Gasteiger partial charge in [0.05, 0.1) is 42.7 Å². The van der Waals surface area contributed by atoms with Gasteiger partial charge in [0.25, 0.3) is 5.91 Å². The molecular weight excluding hydrogens is 366 g/mol. The molecule has 0 atom stereocenters. The third-order valence-corrected chi connectivity index (χ3v) is 6.13. The first kappa shape index (κ1) is 18.4. The number of carbonyl (C=O) groups excluding carboxylic acids is 1. The molecule has 0 spiro atoms. The van der Waals surface area contributed by atoms with Crippen LogP contribution in [0.2, 0.25) is 0 Å². The SMILES string of the molecule is N#Cc1ccccc1-c1ccccc1C(=O)N1CC[NH+](Cc2cccs2)CC1. The fraction of sp³-hybridized carbons (Fsp3) is 0.217. The lowest BCUT2D eigenvalue weighted by atomic mass is 9.95. The normalized spacial score (nSPS) is 14.6. The monoisotopic (exact) mass is 388 g/mol. The number of nitriles is 1. The minimum Gasteiger partial charge on any atom is -0.328 e. The second-order valence-corrected chi connectivity index (χ2v) is 8.03. The molecule has 5 heteroatoms. The van der Waals surface area contributed by atoms with Crippen molar-refractivity contribution in [2.45, 2.75) is 6.54 Å². The Morgan fingerprint density at radius 2 is 1.71 bits per heavy atom. The Morgan fingerprint density at radius 1 is 1.00 bits per heavy atom. The second-order valence-electron chi connectivity index (χ2n) is 7.00. The summed E-state index contributed by atoms with van der Waals surface area (Å²) in [5, 5.41) is 11.6. The molecule has 0 bridgehead atoms. The molecule has 0 saturated carbocycles. The molecule has 2 heterocycles. The molecule has 0 aliphatic carbocycles. The van der Waals surface area contributed by atoms with Gasteiger partial charge in [0.1, 0.15) is 6.54 Å². The molecule has 1 aromatic heterocycles. The van der Waals surface area contributed by atoms with Crippen molar-refractivity contribution in [2.75, 3.05) is 26.2 Å². The summed E-state index contributed by atoms with van der Waals surface area (Å²) in [6, 6.07) is 21.6. The number of thiophene rings is 1. The summed E-state index contributed by atoms with van der Waals surface area (Å²) in [5.74, 6) is 0.0542. The molecule has 1 aliphatic heterocycles. The maximum Gasteiger partial charge on any atom is 0.254 e. The van der Waals surface area contributed by atoms with E-state index in [1.54, 1.807) is 17.4 Å². The van der Waals surface area contributed by atoms with Gasteiger partial charge in [-0.05, 0) is 29.1 Å². The van der Waals surface area contributed by atoms with Crippen LogP contribution in [0.25, 0.3) is 11.1 Å².